The first-order valence-electron chi connectivity index (χ1n) is 6.96. The van der Waals surface area contributed by atoms with Crippen LogP contribution in [0.2, 0.25) is 0 Å². The first-order valence-corrected chi connectivity index (χ1v) is 7.77. The zero-order chi connectivity index (χ0) is 17.9. The van der Waals surface area contributed by atoms with Crippen molar-refractivity contribution in [2.45, 2.75) is 26.4 Å². The largest absolute Gasteiger partial charge is 0.480 e. The molecule has 1 N–H and O–H groups in total. The maximum absolute atomic E-state index is 12.3. The molecule has 0 fully saturated rings. The van der Waals surface area contributed by atoms with E-state index < -0.39 is 36.3 Å². The normalized spacial score (nSPS) is 10.7. The second kappa shape index (κ2) is 7.21. The van der Waals surface area contributed by atoms with E-state index in [0.717, 1.165) is 15.9 Å². The highest BCUT2D eigenvalue weighted by Crippen LogP contribution is 2.23. The Morgan fingerprint density at radius 3 is 2.62 bits per heavy atom. The van der Waals surface area contributed by atoms with E-state index in [-0.39, 0.29) is 23.2 Å². The SMILES string of the molecule is CCOC(=O)Cc1cc2c(=O)n(CC=O)c(=O)n(CC(=O)O)c2s1. The number of carbonyl (C=O) groups excluding carboxylic acids is 2. The van der Waals surface area contributed by atoms with Crippen LogP contribution in [0.3, 0.4) is 0 Å². The summed E-state index contributed by atoms with van der Waals surface area (Å²) in [4.78, 5) is 58.5. The predicted octanol–water partition coefficient (Wildman–Crippen LogP) is -0.386. The monoisotopic (exact) mass is 354 g/mol. The molecule has 0 aliphatic rings. The summed E-state index contributed by atoms with van der Waals surface area (Å²) in [6.45, 7) is 0.731. The number of carboxylic acid groups (broad SMARTS) is 1. The Morgan fingerprint density at radius 1 is 1.33 bits per heavy atom. The molecule has 0 bridgehead atoms. The van der Waals surface area contributed by atoms with Crippen LogP contribution in [-0.2, 0) is 38.6 Å². The highest BCUT2D eigenvalue weighted by molar-refractivity contribution is 7.18. The summed E-state index contributed by atoms with van der Waals surface area (Å²) in [7, 11) is 0. The topological polar surface area (TPSA) is 125 Å². The number of rotatable bonds is 7. The number of nitrogens with zero attached hydrogens (tertiary/aromatic N) is 2. The molecule has 24 heavy (non-hydrogen) atoms. The van der Waals surface area contributed by atoms with Gasteiger partial charge in [0.05, 0.1) is 25.0 Å². The molecule has 0 aromatic carbocycles. The highest BCUT2D eigenvalue weighted by Gasteiger charge is 2.19. The minimum absolute atomic E-state index is 0.0852. The zero-order valence-electron chi connectivity index (χ0n) is 12.7. The van der Waals surface area contributed by atoms with E-state index in [9.17, 15) is 24.0 Å². The maximum Gasteiger partial charge on any atom is 0.333 e. The minimum Gasteiger partial charge on any atom is -0.480 e. The molecule has 10 heteroatoms. The summed E-state index contributed by atoms with van der Waals surface area (Å²) in [6.07, 6.45) is 0.285. The third kappa shape index (κ3) is 3.43. The Morgan fingerprint density at radius 2 is 2.04 bits per heavy atom. The van der Waals surface area contributed by atoms with Gasteiger partial charge in [0, 0.05) is 4.88 Å². The minimum atomic E-state index is -1.27. The van der Waals surface area contributed by atoms with Crippen molar-refractivity contribution >= 4 is 39.8 Å². The van der Waals surface area contributed by atoms with Gasteiger partial charge in [-0.3, -0.25) is 23.5 Å². The molecule has 0 amide bonds. The Labute approximate surface area is 138 Å². The van der Waals surface area contributed by atoms with E-state index in [1.807, 2.05) is 0 Å². The lowest BCUT2D eigenvalue weighted by molar-refractivity contribution is -0.142. The first-order chi connectivity index (χ1) is 11.4. The Bertz CT molecular complexity index is 922. The molecule has 0 atom stereocenters. The van der Waals surface area contributed by atoms with Gasteiger partial charge in [-0.05, 0) is 13.0 Å². The van der Waals surface area contributed by atoms with Crippen molar-refractivity contribution in [3.05, 3.63) is 31.8 Å². The van der Waals surface area contributed by atoms with E-state index >= 15 is 0 Å². The highest BCUT2D eigenvalue weighted by atomic mass is 32.1. The van der Waals surface area contributed by atoms with Gasteiger partial charge in [0.25, 0.3) is 5.56 Å². The Kier molecular flexibility index (Phi) is 5.29. The summed E-state index contributed by atoms with van der Waals surface area (Å²) in [6, 6.07) is 1.42. The molecule has 2 aromatic rings. The number of aliphatic carboxylic acids is 1. The van der Waals surface area contributed by atoms with Crippen molar-refractivity contribution in [1.82, 2.24) is 9.13 Å². The molecular formula is C14H14N2O7S. The second-order valence-corrected chi connectivity index (χ2v) is 5.87. The van der Waals surface area contributed by atoms with Crippen LogP contribution in [0, 0.1) is 0 Å². The van der Waals surface area contributed by atoms with Gasteiger partial charge >= 0.3 is 17.6 Å². The fraction of sp³-hybridized carbons (Fsp3) is 0.357. The summed E-state index contributed by atoms with van der Waals surface area (Å²) < 4.78 is 6.40. The van der Waals surface area contributed by atoms with Crippen molar-refractivity contribution in [2.75, 3.05) is 6.61 Å². The molecule has 0 radical (unpaired) electrons. The van der Waals surface area contributed by atoms with Gasteiger partial charge in [-0.2, -0.15) is 0 Å². The number of ether oxygens (including phenoxy) is 1. The van der Waals surface area contributed by atoms with Gasteiger partial charge in [0.1, 0.15) is 17.7 Å². The lowest BCUT2D eigenvalue weighted by Crippen LogP contribution is -2.41. The fourth-order valence-corrected chi connectivity index (χ4v) is 3.33. The van der Waals surface area contributed by atoms with Crippen LogP contribution in [0.25, 0.3) is 10.2 Å². The van der Waals surface area contributed by atoms with Gasteiger partial charge < -0.3 is 14.6 Å². The molecule has 0 saturated carbocycles. The van der Waals surface area contributed by atoms with Gasteiger partial charge in [0.15, 0.2) is 0 Å². The molecule has 0 spiro atoms. The van der Waals surface area contributed by atoms with Crippen molar-refractivity contribution in [3.8, 4) is 0 Å². The van der Waals surface area contributed by atoms with Crippen LogP contribution in [0.5, 0.6) is 0 Å². The van der Waals surface area contributed by atoms with Crippen LogP contribution in [-0.4, -0.2) is 39.1 Å². The molecule has 0 aliphatic carbocycles. The van der Waals surface area contributed by atoms with Gasteiger partial charge in [-0.1, -0.05) is 0 Å². The molecule has 128 valence electrons. The summed E-state index contributed by atoms with van der Waals surface area (Å²) in [5, 5.41) is 9.06. The number of hydrogen-bond acceptors (Lipinski definition) is 7. The number of aromatic nitrogens is 2. The number of thiophene rings is 1. The van der Waals surface area contributed by atoms with E-state index in [1.54, 1.807) is 6.92 Å². The van der Waals surface area contributed by atoms with Crippen molar-refractivity contribution < 1.29 is 24.2 Å². The van der Waals surface area contributed by atoms with Crippen LogP contribution < -0.4 is 11.2 Å². The van der Waals surface area contributed by atoms with Gasteiger partial charge in [0.2, 0.25) is 0 Å². The number of hydrogen-bond donors (Lipinski definition) is 1. The molecule has 2 heterocycles. The summed E-state index contributed by atoms with van der Waals surface area (Å²) in [5.74, 6) is -1.76. The smallest absolute Gasteiger partial charge is 0.333 e. The lowest BCUT2D eigenvalue weighted by atomic mass is 10.3. The molecule has 0 unspecified atom stereocenters. The standard InChI is InChI=1S/C14H14N2O7S/c1-2-23-11(20)6-8-5-9-12(21)15(3-4-17)14(22)16(7-10(18)19)13(9)24-8/h4-5H,2-3,6-7H2,1H3,(H,18,19). The third-order valence-corrected chi connectivity index (χ3v) is 4.28. The van der Waals surface area contributed by atoms with E-state index in [4.69, 9.17) is 9.84 Å². The van der Waals surface area contributed by atoms with E-state index in [1.165, 1.54) is 6.07 Å². The molecule has 0 aliphatic heterocycles. The van der Waals surface area contributed by atoms with Crippen molar-refractivity contribution in [2.24, 2.45) is 0 Å². The molecule has 2 rings (SSSR count). The first kappa shape index (κ1) is 17.6. The number of carbonyl (C=O) groups is 3. The Balaban J connectivity index is 2.67. The average molecular weight is 354 g/mol. The average Bonchev–Trinajstić information content (AvgIpc) is 2.91. The molecular weight excluding hydrogens is 340 g/mol. The second-order valence-electron chi connectivity index (χ2n) is 4.76. The van der Waals surface area contributed by atoms with Crippen molar-refractivity contribution in [3.63, 3.8) is 0 Å². The number of aldehydes is 1. The van der Waals surface area contributed by atoms with Gasteiger partial charge in [-0.15, -0.1) is 11.3 Å². The van der Waals surface area contributed by atoms with E-state index in [2.05, 4.69) is 0 Å². The zero-order valence-corrected chi connectivity index (χ0v) is 13.5. The Hall–Kier alpha value is -2.75. The quantitative estimate of drug-likeness (QED) is 0.530. The lowest BCUT2D eigenvalue weighted by Gasteiger charge is -2.07. The molecule has 2 aromatic heterocycles. The maximum atomic E-state index is 12.3. The number of fused-ring (bicyclic) bond motifs is 1. The van der Waals surface area contributed by atoms with Crippen molar-refractivity contribution in [1.29, 1.82) is 0 Å². The molecule has 0 saturated heterocycles. The summed E-state index contributed by atoms with van der Waals surface area (Å²) in [5.41, 5.74) is -1.58. The third-order valence-electron chi connectivity index (χ3n) is 3.12. The van der Waals surface area contributed by atoms with Crippen LogP contribution in [0.1, 0.15) is 11.8 Å². The number of esters is 1. The number of carboxylic acids is 1. The van der Waals surface area contributed by atoms with Crippen LogP contribution >= 0.6 is 11.3 Å². The van der Waals surface area contributed by atoms with Crippen LogP contribution in [0.4, 0.5) is 0 Å². The predicted molar refractivity (Wildman–Crippen MR) is 84.4 cm³/mol. The van der Waals surface area contributed by atoms with E-state index in [0.29, 0.717) is 15.7 Å². The molecule has 9 nitrogen and oxygen atoms in total. The summed E-state index contributed by atoms with van der Waals surface area (Å²) >= 11 is 0.972. The van der Waals surface area contributed by atoms with Gasteiger partial charge in [-0.25, -0.2) is 4.79 Å². The fourth-order valence-electron chi connectivity index (χ4n) is 2.20. The van der Waals surface area contributed by atoms with Crippen LogP contribution in [0.15, 0.2) is 15.7 Å².